The lowest BCUT2D eigenvalue weighted by Crippen LogP contribution is -2.04. The van der Waals surface area contributed by atoms with Gasteiger partial charge in [0.1, 0.15) is 5.03 Å². The van der Waals surface area contributed by atoms with Gasteiger partial charge in [-0.15, -0.1) is 10.2 Å². The van der Waals surface area contributed by atoms with E-state index in [1.54, 1.807) is 4.68 Å². The quantitative estimate of drug-likeness (QED) is 0.635. The van der Waals surface area contributed by atoms with Crippen molar-refractivity contribution in [3.8, 4) is 5.82 Å². The van der Waals surface area contributed by atoms with Crippen LogP contribution in [0.1, 0.15) is 22.5 Å². The first kappa shape index (κ1) is 17.5. The number of alkyl halides is 3. The van der Waals surface area contributed by atoms with Gasteiger partial charge in [0.2, 0.25) is 0 Å². The van der Waals surface area contributed by atoms with Crippen LogP contribution in [0.15, 0.2) is 47.5 Å². The molecule has 0 amide bonds. The molecule has 0 atom stereocenters. The Kier molecular flexibility index (Phi) is 4.80. The summed E-state index contributed by atoms with van der Waals surface area (Å²) in [7, 11) is 0. The summed E-state index contributed by atoms with van der Waals surface area (Å²) in [5.41, 5.74) is 2.02. The Hall–Kier alpha value is -2.35. The number of benzene rings is 1. The fraction of sp³-hybridized carbons (Fsp3) is 0.235. The Labute approximate surface area is 147 Å². The van der Waals surface area contributed by atoms with Crippen molar-refractivity contribution in [2.45, 2.75) is 30.8 Å². The number of halogens is 3. The molecular weight excluding hydrogens is 349 g/mol. The van der Waals surface area contributed by atoms with Gasteiger partial charge in [-0.1, -0.05) is 23.9 Å². The van der Waals surface area contributed by atoms with Crippen LogP contribution >= 0.6 is 11.8 Å². The van der Waals surface area contributed by atoms with Gasteiger partial charge in [-0.2, -0.15) is 18.3 Å². The fourth-order valence-corrected chi connectivity index (χ4v) is 3.08. The van der Waals surface area contributed by atoms with Crippen LogP contribution in [0.3, 0.4) is 0 Å². The summed E-state index contributed by atoms with van der Waals surface area (Å²) < 4.78 is 39.4. The largest absolute Gasteiger partial charge is 0.416 e. The number of rotatable bonds is 4. The first-order valence-corrected chi connectivity index (χ1v) is 8.48. The molecule has 0 unspecified atom stereocenters. The van der Waals surface area contributed by atoms with Gasteiger partial charge in [0, 0.05) is 11.4 Å². The lowest BCUT2D eigenvalue weighted by Gasteiger charge is -2.07. The standard InChI is InChI=1S/C17H15F3N4S/c1-11-9-12(2)24(23-11)15-7-8-16(22-21-15)25-10-13-3-5-14(6-4-13)17(18,19)20/h3-9H,10H2,1-2H3. The summed E-state index contributed by atoms with van der Waals surface area (Å²) in [5, 5.41) is 13.4. The second-order valence-corrected chi connectivity index (χ2v) is 6.55. The first-order valence-electron chi connectivity index (χ1n) is 7.49. The van der Waals surface area contributed by atoms with Crippen molar-refractivity contribution >= 4 is 11.8 Å². The van der Waals surface area contributed by atoms with Crippen LogP contribution < -0.4 is 0 Å². The van der Waals surface area contributed by atoms with Crippen LogP contribution in [0.25, 0.3) is 5.82 Å². The average Bonchev–Trinajstić information content (AvgIpc) is 2.91. The second-order valence-electron chi connectivity index (χ2n) is 5.55. The summed E-state index contributed by atoms with van der Waals surface area (Å²) in [6, 6.07) is 10.7. The SMILES string of the molecule is Cc1cc(C)n(-c2ccc(SCc3ccc(C(F)(F)F)cc3)nn2)n1. The van der Waals surface area contributed by atoms with E-state index in [0.29, 0.717) is 16.6 Å². The maximum atomic E-state index is 12.5. The van der Waals surface area contributed by atoms with Gasteiger partial charge in [0.25, 0.3) is 0 Å². The molecular formula is C17H15F3N4S. The maximum absolute atomic E-state index is 12.5. The number of hydrogen-bond donors (Lipinski definition) is 0. The van der Waals surface area contributed by atoms with E-state index in [0.717, 1.165) is 29.1 Å². The van der Waals surface area contributed by atoms with E-state index in [2.05, 4.69) is 15.3 Å². The third kappa shape index (κ3) is 4.19. The number of aryl methyl sites for hydroxylation is 2. The minimum atomic E-state index is -4.31. The highest BCUT2D eigenvalue weighted by molar-refractivity contribution is 7.98. The van der Waals surface area contributed by atoms with E-state index in [4.69, 9.17) is 0 Å². The lowest BCUT2D eigenvalue weighted by molar-refractivity contribution is -0.137. The zero-order valence-electron chi connectivity index (χ0n) is 13.6. The third-order valence-electron chi connectivity index (χ3n) is 3.52. The summed E-state index contributed by atoms with van der Waals surface area (Å²) in [6.45, 7) is 3.85. The summed E-state index contributed by atoms with van der Waals surface area (Å²) in [6.07, 6.45) is -4.31. The molecule has 130 valence electrons. The molecule has 0 saturated carbocycles. The molecule has 3 rings (SSSR count). The Morgan fingerprint density at radius 3 is 2.24 bits per heavy atom. The van der Waals surface area contributed by atoms with E-state index < -0.39 is 11.7 Å². The Morgan fingerprint density at radius 1 is 1.00 bits per heavy atom. The average molecular weight is 364 g/mol. The van der Waals surface area contributed by atoms with Crippen molar-refractivity contribution in [3.05, 3.63) is 65.0 Å². The maximum Gasteiger partial charge on any atom is 0.416 e. The monoisotopic (exact) mass is 364 g/mol. The number of hydrogen-bond acceptors (Lipinski definition) is 4. The molecule has 25 heavy (non-hydrogen) atoms. The van der Waals surface area contributed by atoms with Gasteiger partial charge in [-0.3, -0.25) is 0 Å². The van der Waals surface area contributed by atoms with Crippen LogP contribution in [0.2, 0.25) is 0 Å². The minimum Gasteiger partial charge on any atom is -0.218 e. The molecule has 0 aliphatic rings. The molecule has 0 aliphatic heterocycles. The van der Waals surface area contributed by atoms with Gasteiger partial charge in [0.05, 0.1) is 11.3 Å². The van der Waals surface area contributed by atoms with Gasteiger partial charge in [-0.05, 0) is 49.7 Å². The van der Waals surface area contributed by atoms with Gasteiger partial charge in [-0.25, -0.2) is 4.68 Å². The molecule has 0 radical (unpaired) electrons. The molecule has 0 saturated heterocycles. The molecule has 8 heteroatoms. The normalized spacial score (nSPS) is 11.7. The zero-order valence-corrected chi connectivity index (χ0v) is 14.4. The van der Waals surface area contributed by atoms with Crippen molar-refractivity contribution in [1.29, 1.82) is 0 Å². The lowest BCUT2D eigenvalue weighted by atomic mass is 10.1. The smallest absolute Gasteiger partial charge is 0.218 e. The topological polar surface area (TPSA) is 43.6 Å². The molecule has 2 heterocycles. The highest BCUT2D eigenvalue weighted by atomic mass is 32.2. The molecule has 0 aliphatic carbocycles. The molecule has 0 N–H and O–H groups in total. The summed E-state index contributed by atoms with van der Waals surface area (Å²) in [4.78, 5) is 0. The molecule has 0 bridgehead atoms. The second kappa shape index (κ2) is 6.87. The fourth-order valence-electron chi connectivity index (χ4n) is 2.31. The predicted octanol–water partition coefficient (Wildman–Crippen LogP) is 4.59. The van der Waals surface area contributed by atoms with Crippen molar-refractivity contribution in [2.75, 3.05) is 0 Å². The number of aromatic nitrogens is 4. The Bertz CT molecular complexity index is 855. The minimum absolute atomic E-state index is 0.520. The van der Waals surface area contributed by atoms with E-state index in [-0.39, 0.29) is 0 Å². The summed E-state index contributed by atoms with van der Waals surface area (Å²) in [5.74, 6) is 1.15. The van der Waals surface area contributed by atoms with Crippen LogP contribution in [-0.2, 0) is 11.9 Å². The van der Waals surface area contributed by atoms with Crippen molar-refractivity contribution < 1.29 is 13.2 Å². The number of thioether (sulfide) groups is 1. The van der Waals surface area contributed by atoms with Crippen LogP contribution in [0.4, 0.5) is 13.2 Å². The van der Waals surface area contributed by atoms with E-state index >= 15 is 0 Å². The molecule has 2 aromatic heterocycles. The molecule has 1 aromatic carbocycles. The van der Waals surface area contributed by atoms with Crippen molar-refractivity contribution in [3.63, 3.8) is 0 Å². The molecule has 3 aromatic rings. The molecule has 0 spiro atoms. The van der Waals surface area contributed by atoms with Crippen LogP contribution in [-0.4, -0.2) is 20.0 Å². The summed E-state index contributed by atoms with van der Waals surface area (Å²) >= 11 is 1.42. The van der Waals surface area contributed by atoms with Gasteiger partial charge >= 0.3 is 6.18 Å². The van der Waals surface area contributed by atoms with Gasteiger partial charge < -0.3 is 0 Å². The Balaban J connectivity index is 1.65. The third-order valence-corrected chi connectivity index (χ3v) is 4.51. The van der Waals surface area contributed by atoms with E-state index in [1.165, 1.54) is 23.9 Å². The first-order chi connectivity index (χ1) is 11.8. The van der Waals surface area contributed by atoms with E-state index in [9.17, 15) is 13.2 Å². The van der Waals surface area contributed by atoms with Crippen LogP contribution in [0, 0.1) is 13.8 Å². The molecule has 4 nitrogen and oxygen atoms in total. The highest BCUT2D eigenvalue weighted by Crippen LogP contribution is 2.30. The zero-order chi connectivity index (χ0) is 18.0. The highest BCUT2D eigenvalue weighted by Gasteiger charge is 2.29. The van der Waals surface area contributed by atoms with E-state index in [1.807, 2.05) is 32.0 Å². The van der Waals surface area contributed by atoms with Crippen molar-refractivity contribution in [2.24, 2.45) is 0 Å². The predicted molar refractivity (Wildman–Crippen MR) is 89.6 cm³/mol. The Morgan fingerprint density at radius 2 is 1.72 bits per heavy atom. The van der Waals surface area contributed by atoms with Crippen LogP contribution in [0.5, 0.6) is 0 Å². The van der Waals surface area contributed by atoms with Crippen molar-refractivity contribution in [1.82, 2.24) is 20.0 Å². The molecule has 0 fully saturated rings. The van der Waals surface area contributed by atoms with Gasteiger partial charge in [0.15, 0.2) is 5.82 Å². The number of nitrogens with zero attached hydrogens (tertiary/aromatic N) is 4.